The molecule has 0 bridgehead atoms. The maximum absolute atomic E-state index is 10.5. The Bertz CT molecular complexity index is 226. The highest BCUT2D eigenvalue weighted by atomic mass is 16.3. The van der Waals surface area contributed by atoms with Crippen LogP contribution in [0.25, 0.3) is 0 Å². The normalized spacial score (nSPS) is 23.9. The number of carbonyl (C=O) groups is 1. The molecule has 4 nitrogen and oxygen atoms in total. The molecule has 13 heavy (non-hydrogen) atoms. The van der Waals surface area contributed by atoms with Gasteiger partial charge in [0.1, 0.15) is 0 Å². The summed E-state index contributed by atoms with van der Waals surface area (Å²) in [6.07, 6.45) is 4.14. The van der Waals surface area contributed by atoms with Crippen LogP contribution >= 0.6 is 0 Å². The smallest absolute Gasteiger partial charge is 0.299 e. The van der Waals surface area contributed by atoms with Crippen LogP contribution in [0.2, 0.25) is 0 Å². The maximum Gasteiger partial charge on any atom is 0.309 e. The van der Waals surface area contributed by atoms with E-state index in [4.69, 9.17) is 0 Å². The van der Waals surface area contributed by atoms with Gasteiger partial charge in [-0.15, -0.1) is 4.91 Å². The van der Waals surface area contributed by atoms with Crippen LogP contribution in [0.4, 0.5) is 0 Å². The van der Waals surface area contributed by atoms with Gasteiger partial charge in [0, 0.05) is 24.3 Å². The van der Waals surface area contributed by atoms with E-state index in [9.17, 15) is 9.70 Å². The van der Waals surface area contributed by atoms with Crippen LogP contribution in [-0.2, 0) is 4.79 Å². The maximum atomic E-state index is 10.5. The zero-order valence-corrected chi connectivity index (χ0v) is 7.77. The van der Waals surface area contributed by atoms with Gasteiger partial charge in [-0.1, -0.05) is 13.0 Å². The van der Waals surface area contributed by atoms with Crippen molar-refractivity contribution in [2.75, 3.05) is 19.6 Å². The zero-order valence-electron chi connectivity index (χ0n) is 7.77. The Balaban J connectivity index is 2.22. The van der Waals surface area contributed by atoms with E-state index in [0.717, 1.165) is 25.6 Å². The van der Waals surface area contributed by atoms with Gasteiger partial charge in [-0.3, -0.25) is 9.69 Å². The summed E-state index contributed by atoms with van der Waals surface area (Å²) in [5.41, 5.74) is 0. The lowest BCUT2D eigenvalue weighted by Gasteiger charge is -2.10. The van der Waals surface area contributed by atoms with Crippen LogP contribution in [0, 0.1) is 10.8 Å². The predicted molar refractivity (Wildman–Crippen MR) is 50.2 cm³/mol. The molecular formula is C9H14N2O2. The lowest BCUT2D eigenvalue weighted by molar-refractivity contribution is -0.113. The van der Waals surface area contributed by atoms with Gasteiger partial charge in [-0.25, -0.2) is 0 Å². The molecule has 1 aliphatic rings. The topological polar surface area (TPSA) is 49.7 Å². The van der Waals surface area contributed by atoms with Gasteiger partial charge in [-0.05, 0) is 18.9 Å². The summed E-state index contributed by atoms with van der Waals surface area (Å²) in [6, 6.07) is 0. The van der Waals surface area contributed by atoms with Crippen molar-refractivity contribution >= 4 is 5.91 Å². The monoisotopic (exact) mass is 182 g/mol. The summed E-state index contributed by atoms with van der Waals surface area (Å²) >= 11 is 0. The number of nitroso groups, excluding NO2 is 1. The molecule has 4 heteroatoms. The van der Waals surface area contributed by atoms with Crippen LogP contribution in [0.15, 0.2) is 17.3 Å². The standard InChI is InChI=1S/C9H14N2O2/c1-8-4-6-11(7-8)5-2-3-9(12)10-13/h2-3,8H,4-7H2,1H3/b3-2+. The summed E-state index contributed by atoms with van der Waals surface area (Å²) in [7, 11) is 0. The molecule has 0 saturated carbocycles. The Morgan fingerprint density at radius 2 is 2.46 bits per heavy atom. The summed E-state index contributed by atoms with van der Waals surface area (Å²) in [4.78, 5) is 22.4. The highest BCUT2D eigenvalue weighted by Gasteiger charge is 2.16. The summed E-state index contributed by atoms with van der Waals surface area (Å²) < 4.78 is 0. The van der Waals surface area contributed by atoms with Crippen molar-refractivity contribution in [3.8, 4) is 0 Å². The summed E-state index contributed by atoms with van der Waals surface area (Å²) in [5, 5.41) is 2.27. The minimum atomic E-state index is -0.702. The van der Waals surface area contributed by atoms with Crippen molar-refractivity contribution in [1.82, 2.24) is 4.90 Å². The molecule has 0 aliphatic carbocycles. The number of amides is 1. The highest BCUT2D eigenvalue weighted by molar-refractivity contribution is 5.88. The first-order valence-corrected chi connectivity index (χ1v) is 4.48. The quantitative estimate of drug-likeness (QED) is 0.486. The Labute approximate surface area is 77.6 Å². The Kier molecular flexibility index (Phi) is 3.76. The third-order valence-electron chi connectivity index (χ3n) is 2.22. The predicted octanol–water partition coefficient (Wildman–Crippen LogP) is 1.18. The fraction of sp³-hybridized carbons (Fsp3) is 0.667. The van der Waals surface area contributed by atoms with E-state index in [1.165, 1.54) is 12.5 Å². The first-order chi connectivity index (χ1) is 6.22. The average Bonchev–Trinajstić information content (AvgIpc) is 2.51. The van der Waals surface area contributed by atoms with Crippen LogP contribution in [-0.4, -0.2) is 30.4 Å². The van der Waals surface area contributed by atoms with Gasteiger partial charge in [0.15, 0.2) is 0 Å². The number of carbonyl (C=O) groups excluding carboxylic acids is 1. The molecule has 1 atom stereocenters. The molecule has 1 saturated heterocycles. The van der Waals surface area contributed by atoms with E-state index in [-0.39, 0.29) is 0 Å². The second kappa shape index (κ2) is 4.87. The lowest BCUT2D eigenvalue weighted by Crippen LogP contribution is -2.20. The second-order valence-corrected chi connectivity index (χ2v) is 3.49. The van der Waals surface area contributed by atoms with E-state index < -0.39 is 5.91 Å². The van der Waals surface area contributed by atoms with Crippen LogP contribution in [0.5, 0.6) is 0 Å². The van der Waals surface area contributed by atoms with Crippen molar-refractivity contribution in [2.45, 2.75) is 13.3 Å². The van der Waals surface area contributed by atoms with E-state index in [1.807, 2.05) is 0 Å². The molecule has 0 spiro atoms. The van der Waals surface area contributed by atoms with E-state index >= 15 is 0 Å². The Morgan fingerprint density at radius 1 is 1.69 bits per heavy atom. The first-order valence-electron chi connectivity index (χ1n) is 4.48. The number of nitrogens with zero attached hydrogens (tertiary/aromatic N) is 2. The number of hydrogen-bond acceptors (Lipinski definition) is 3. The van der Waals surface area contributed by atoms with Gasteiger partial charge in [0.2, 0.25) is 0 Å². The number of rotatable bonds is 3. The molecule has 0 aromatic rings. The molecule has 0 aromatic carbocycles. The largest absolute Gasteiger partial charge is 0.309 e. The zero-order chi connectivity index (χ0) is 9.68. The van der Waals surface area contributed by atoms with Crippen molar-refractivity contribution in [3.05, 3.63) is 17.1 Å². The summed E-state index contributed by atoms with van der Waals surface area (Å²) in [5.74, 6) is 0.0422. The minimum absolute atomic E-state index is 0.702. The number of hydrogen-bond donors (Lipinski definition) is 0. The fourth-order valence-electron chi connectivity index (χ4n) is 1.53. The SMILES string of the molecule is CC1CCN(C/C=C/C(=O)N=O)C1. The second-order valence-electron chi connectivity index (χ2n) is 3.49. The van der Waals surface area contributed by atoms with Gasteiger partial charge >= 0.3 is 5.91 Å². The van der Waals surface area contributed by atoms with Gasteiger partial charge < -0.3 is 0 Å². The lowest BCUT2D eigenvalue weighted by atomic mass is 10.2. The van der Waals surface area contributed by atoms with Crippen LogP contribution < -0.4 is 0 Å². The first kappa shape index (κ1) is 10.1. The van der Waals surface area contributed by atoms with Crippen LogP contribution in [0.3, 0.4) is 0 Å². The van der Waals surface area contributed by atoms with Crippen LogP contribution in [0.1, 0.15) is 13.3 Å². The van der Waals surface area contributed by atoms with Crippen molar-refractivity contribution in [2.24, 2.45) is 11.1 Å². The van der Waals surface area contributed by atoms with E-state index in [0.29, 0.717) is 0 Å². The molecule has 0 N–H and O–H groups in total. The third-order valence-corrected chi connectivity index (χ3v) is 2.22. The molecule has 1 aliphatic heterocycles. The molecule has 0 radical (unpaired) electrons. The number of likely N-dealkylation sites (tertiary alicyclic amines) is 1. The average molecular weight is 182 g/mol. The van der Waals surface area contributed by atoms with Crippen molar-refractivity contribution < 1.29 is 4.79 Å². The van der Waals surface area contributed by atoms with Crippen molar-refractivity contribution in [1.29, 1.82) is 0 Å². The van der Waals surface area contributed by atoms with Gasteiger partial charge in [-0.2, -0.15) is 0 Å². The molecule has 1 amide bonds. The van der Waals surface area contributed by atoms with Gasteiger partial charge in [0.25, 0.3) is 0 Å². The fourth-order valence-corrected chi connectivity index (χ4v) is 1.53. The summed E-state index contributed by atoms with van der Waals surface area (Å²) in [6.45, 7) is 5.11. The van der Waals surface area contributed by atoms with E-state index in [1.54, 1.807) is 6.08 Å². The molecule has 1 heterocycles. The third kappa shape index (κ3) is 3.46. The Morgan fingerprint density at radius 3 is 3.00 bits per heavy atom. The molecule has 1 rings (SSSR count). The molecular weight excluding hydrogens is 168 g/mol. The van der Waals surface area contributed by atoms with E-state index in [2.05, 4.69) is 17.0 Å². The molecule has 1 unspecified atom stereocenters. The Hall–Kier alpha value is -1.03. The molecule has 1 fully saturated rings. The van der Waals surface area contributed by atoms with Gasteiger partial charge in [0.05, 0.1) is 0 Å². The molecule has 72 valence electrons. The molecule has 0 aromatic heterocycles. The minimum Gasteiger partial charge on any atom is -0.299 e. The highest BCUT2D eigenvalue weighted by Crippen LogP contribution is 2.14. The van der Waals surface area contributed by atoms with Crippen molar-refractivity contribution in [3.63, 3.8) is 0 Å².